The van der Waals surface area contributed by atoms with Crippen molar-refractivity contribution in [2.24, 2.45) is 5.73 Å². The van der Waals surface area contributed by atoms with E-state index in [2.05, 4.69) is 0 Å². The normalized spacial score (nSPS) is 10.6. The molecule has 0 aliphatic carbocycles. The number of ether oxygens (including phenoxy) is 2. The molecule has 6 nitrogen and oxygen atoms in total. The summed E-state index contributed by atoms with van der Waals surface area (Å²) in [5.41, 5.74) is 11.2. The number of amides is 1. The van der Waals surface area contributed by atoms with Crippen molar-refractivity contribution in [3.8, 4) is 0 Å². The van der Waals surface area contributed by atoms with Crippen LogP contribution in [0.1, 0.15) is 10.4 Å². The van der Waals surface area contributed by atoms with Gasteiger partial charge in [0, 0.05) is 33.0 Å². The van der Waals surface area contributed by atoms with Gasteiger partial charge in [0.1, 0.15) is 5.82 Å². The third-order valence-corrected chi connectivity index (χ3v) is 2.86. The summed E-state index contributed by atoms with van der Waals surface area (Å²) in [6.45, 7) is 1.75. The fourth-order valence-electron chi connectivity index (χ4n) is 1.79. The van der Waals surface area contributed by atoms with Gasteiger partial charge in [-0.25, -0.2) is 4.39 Å². The van der Waals surface area contributed by atoms with Crippen LogP contribution in [0.2, 0.25) is 0 Å². The molecule has 0 heterocycles. The summed E-state index contributed by atoms with van der Waals surface area (Å²) in [5, 5.41) is 0. The van der Waals surface area contributed by atoms with Crippen molar-refractivity contribution in [1.29, 1.82) is 0 Å². The van der Waals surface area contributed by atoms with Gasteiger partial charge in [-0.15, -0.1) is 0 Å². The summed E-state index contributed by atoms with van der Waals surface area (Å²) in [4.78, 5) is 13.0. The van der Waals surface area contributed by atoms with Crippen LogP contribution < -0.4 is 16.4 Å². The maximum atomic E-state index is 14.0. The summed E-state index contributed by atoms with van der Waals surface area (Å²) >= 11 is 0. The summed E-state index contributed by atoms with van der Waals surface area (Å²) in [6, 6.07) is 2.46. The minimum absolute atomic E-state index is 0.0252. The Balaban J connectivity index is 3.10. The molecule has 0 bridgehead atoms. The topological polar surface area (TPSA) is 90.8 Å². The SMILES string of the molecule is COCCN(CCOC)c1cc(C(N)=O)c(N)cc1F. The van der Waals surface area contributed by atoms with Crippen LogP contribution in [0.4, 0.5) is 15.8 Å². The molecule has 0 aliphatic rings. The first-order valence-corrected chi connectivity index (χ1v) is 6.13. The minimum atomic E-state index is -0.692. The van der Waals surface area contributed by atoms with Crippen LogP contribution in [0.5, 0.6) is 0 Å². The molecule has 1 rings (SSSR count). The first kappa shape index (κ1) is 16.2. The van der Waals surface area contributed by atoms with Crippen molar-refractivity contribution in [3.05, 3.63) is 23.5 Å². The monoisotopic (exact) mass is 285 g/mol. The lowest BCUT2D eigenvalue weighted by atomic mass is 10.1. The van der Waals surface area contributed by atoms with Gasteiger partial charge in [-0.3, -0.25) is 4.79 Å². The fraction of sp³-hybridized carbons (Fsp3) is 0.462. The Morgan fingerprint density at radius 1 is 1.25 bits per heavy atom. The number of nitrogen functional groups attached to an aromatic ring is 1. The molecule has 0 aromatic heterocycles. The minimum Gasteiger partial charge on any atom is -0.398 e. The highest BCUT2D eigenvalue weighted by Gasteiger charge is 2.16. The molecule has 1 aromatic rings. The Labute approximate surface area is 117 Å². The fourth-order valence-corrected chi connectivity index (χ4v) is 1.79. The van der Waals surface area contributed by atoms with Gasteiger partial charge < -0.3 is 25.8 Å². The van der Waals surface area contributed by atoms with Gasteiger partial charge in [-0.2, -0.15) is 0 Å². The molecule has 0 saturated heterocycles. The number of hydrogen-bond acceptors (Lipinski definition) is 5. The predicted molar refractivity (Wildman–Crippen MR) is 75.3 cm³/mol. The van der Waals surface area contributed by atoms with E-state index in [-0.39, 0.29) is 16.9 Å². The second-order valence-electron chi connectivity index (χ2n) is 4.23. The van der Waals surface area contributed by atoms with Crippen molar-refractivity contribution in [3.63, 3.8) is 0 Å². The van der Waals surface area contributed by atoms with E-state index in [0.717, 1.165) is 6.07 Å². The van der Waals surface area contributed by atoms with Crippen LogP contribution >= 0.6 is 0 Å². The lowest BCUT2D eigenvalue weighted by Crippen LogP contribution is -2.32. The Kier molecular flexibility index (Phi) is 6.20. The van der Waals surface area contributed by atoms with Gasteiger partial charge in [-0.05, 0) is 12.1 Å². The van der Waals surface area contributed by atoms with Crippen LogP contribution in [0.25, 0.3) is 0 Å². The van der Waals surface area contributed by atoms with Crippen molar-refractivity contribution in [2.45, 2.75) is 0 Å². The van der Waals surface area contributed by atoms with Gasteiger partial charge in [0.15, 0.2) is 0 Å². The molecule has 0 fully saturated rings. The number of nitrogens with two attached hydrogens (primary N) is 2. The Bertz CT molecular complexity index is 460. The molecule has 0 unspecified atom stereocenters. The van der Waals surface area contributed by atoms with Crippen LogP contribution in [0, 0.1) is 5.82 Å². The Morgan fingerprint density at radius 3 is 2.25 bits per heavy atom. The molecule has 1 aromatic carbocycles. The van der Waals surface area contributed by atoms with E-state index in [4.69, 9.17) is 20.9 Å². The number of methoxy groups -OCH3 is 2. The zero-order valence-corrected chi connectivity index (χ0v) is 11.7. The van der Waals surface area contributed by atoms with E-state index in [1.807, 2.05) is 0 Å². The number of carbonyl (C=O) groups excluding carboxylic acids is 1. The Morgan fingerprint density at radius 2 is 1.80 bits per heavy atom. The summed E-state index contributed by atoms with van der Waals surface area (Å²) < 4.78 is 24.0. The van der Waals surface area contributed by atoms with Crippen LogP contribution in [0.15, 0.2) is 12.1 Å². The average molecular weight is 285 g/mol. The summed E-state index contributed by atoms with van der Waals surface area (Å²) in [6.07, 6.45) is 0. The summed E-state index contributed by atoms with van der Waals surface area (Å²) in [7, 11) is 3.12. The molecule has 0 spiro atoms. The number of carbonyl (C=O) groups is 1. The van der Waals surface area contributed by atoms with E-state index in [9.17, 15) is 9.18 Å². The van der Waals surface area contributed by atoms with E-state index in [0.29, 0.717) is 26.3 Å². The molecule has 1 amide bonds. The summed E-state index contributed by atoms with van der Waals surface area (Å²) in [5.74, 6) is -1.21. The van der Waals surface area contributed by atoms with Crippen LogP contribution in [-0.4, -0.2) is 46.4 Å². The molecule has 0 aliphatic heterocycles. The van der Waals surface area contributed by atoms with Gasteiger partial charge in [0.05, 0.1) is 24.5 Å². The number of hydrogen-bond donors (Lipinski definition) is 2. The standard InChI is InChI=1S/C13H20FN3O3/c1-19-5-3-17(4-6-20-2)12-7-9(13(16)18)11(15)8-10(12)14/h7-8H,3-6,15H2,1-2H3,(H2,16,18). The number of benzene rings is 1. The van der Waals surface area contributed by atoms with Gasteiger partial charge >= 0.3 is 0 Å². The van der Waals surface area contributed by atoms with Crippen LogP contribution in [0.3, 0.4) is 0 Å². The van der Waals surface area contributed by atoms with E-state index < -0.39 is 11.7 Å². The highest BCUT2D eigenvalue weighted by molar-refractivity contribution is 5.99. The number of primary amides is 1. The molecule has 7 heteroatoms. The average Bonchev–Trinajstić information content (AvgIpc) is 2.39. The largest absolute Gasteiger partial charge is 0.398 e. The molecule has 0 radical (unpaired) electrons. The Hall–Kier alpha value is -1.86. The van der Waals surface area contributed by atoms with Gasteiger partial charge in [0.25, 0.3) is 5.91 Å². The molecular formula is C13H20FN3O3. The highest BCUT2D eigenvalue weighted by Crippen LogP contribution is 2.25. The predicted octanol–water partition coefficient (Wildman–Crippen LogP) is 0.606. The van der Waals surface area contributed by atoms with E-state index in [1.165, 1.54) is 6.07 Å². The van der Waals surface area contributed by atoms with Gasteiger partial charge in [0.2, 0.25) is 0 Å². The zero-order chi connectivity index (χ0) is 15.1. The number of rotatable bonds is 8. The van der Waals surface area contributed by atoms with Crippen molar-refractivity contribution in [2.75, 3.05) is 51.2 Å². The van der Waals surface area contributed by atoms with Crippen molar-refractivity contribution >= 4 is 17.3 Å². The van der Waals surface area contributed by atoms with Crippen molar-refractivity contribution < 1.29 is 18.7 Å². The third kappa shape index (κ3) is 4.07. The zero-order valence-electron chi connectivity index (χ0n) is 11.7. The lowest BCUT2D eigenvalue weighted by molar-refractivity contribution is 0.100. The smallest absolute Gasteiger partial charge is 0.250 e. The third-order valence-electron chi connectivity index (χ3n) is 2.86. The first-order chi connectivity index (χ1) is 9.51. The molecule has 112 valence electrons. The maximum Gasteiger partial charge on any atom is 0.250 e. The van der Waals surface area contributed by atoms with Gasteiger partial charge in [-0.1, -0.05) is 0 Å². The van der Waals surface area contributed by atoms with Crippen LogP contribution in [-0.2, 0) is 9.47 Å². The number of anilines is 2. The molecule has 0 saturated carbocycles. The quantitative estimate of drug-likeness (QED) is 0.683. The van der Waals surface area contributed by atoms with E-state index in [1.54, 1.807) is 19.1 Å². The molecular weight excluding hydrogens is 265 g/mol. The number of nitrogens with zero attached hydrogens (tertiary/aromatic N) is 1. The van der Waals surface area contributed by atoms with Crippen molar-refractivity contribution in [1.82, 2.24) is 0 Å². The molecule has 20 heavy (non-hydrogen) atoms. The number of halogens is 1. The maximum absolute atomic E-state index is 14.0. The second kappa shape index (κ2) is 7.66. The molecule has 0 atom stereocenters. The van der Waals surface area contributed by atoms with E-state index >= 15 is 0 Å². The highest BCUT2D eigenvalue weighted by atomic mass is 19.1. The molecule has 4 N–H and O–H groups in total. The lowest BCUT2D eigenvalue weighted by Gasteiger charge is -2.25. The first-order valence-electron chi connectivity index (χ1n) is 6.13. The second-order valence-corrected chi connectivity index (χ2v) is 4.23.